The lowest BCUT2D eigenvalue weighted by atomic mass is 9.84. The smallest absolute Gasteiger partial charge is 0.262 e. The van der Waals surface area contributed by atoms with E-state index in [1.807, 2.05) is 29.2 Å². The Kier molecular flexibility index (Phi) is 5.67. The number of fused-ring (bicyclic) bond motifs is 1. The highest BCUT2D eigenvalue weighted by atomic mass is 16.2. The Labute approximate surface area is 213 Å². The first kappa shape index (κ1) is 22.7. The number of amides is 1. The lowest BCUT2D eigenvalue weighted by Gasteiger charge is -2.50. The Morgan fingerprint density at radius 3 is 2.36 bits per heavy atom. The third-order valence-electron chi connectivity index (χ3n) is 7.86. The van der Waals surface area contributed by atoms with E-state index in [0.717, 1.165) is 60.3 Å². The highest BCUT2D eigenvalue weighted by Gasteiger charge is 2.46. The van der Waals surface area contributed by atoms with Crippen molar-refractivity contribution < 1.29 is 4.79 Å². The minimum Gasteiger partial charge on any atom is -0.378 e. The van der Waals surface area contributed by atoms with Crippen molar-refractivity contribution in [2.24, 2.45) is 5.10 Å². The van der Waals surface area contributed by atoms with Gasteiger partial charge in [0.15, 0.2) is 0 Å². The van der Waals surface area contributed by atoms with Gasteiger partial charge in [0.05, 0.1) is 17.3 Å². The van der Waals surface area contributed by atoms with E-state index in [0.29, 0.717) is 0 Å². The highest BCUT2D eigenvalue weighted by molar-refractivity contribution is 6.13. The molecule has 2 N–H and O–H groups in total. The molecular formula is C30H33N5O. The number of carbonyl (C=O) groups excluding carboxylic acids is 1. The van der Waals surface area contributed by atoms with E-state index in [2.05, 4.69) is 83.4 Å². The van der Waals surface area contributed by atoms with Crippen molar-refractivity contribution in [3.05, 3.63) is 89.5 Å². The number of carbonyl (C=O) groups is 1. The number of hydrazone groups is 1. The lowest BCUT2D eigenvalue weighted by molar-refractivity contribution is 0.0938. The van der Waals surface area contributed by atoms with Crippen LogP contribution in [0.5, 0.6) is 0 Å². The zero-order chi connectivity index (χ0) is 24.7. The number of nitrogens with one attached hydrogen (secondary N) is 2. The van der Waals surface area contributed by atoms with Crippen LogP contribution in [0, 0.1) is 0 Å². The Bertz CT molecular complexity index is 1290. The van der Waals surface area contributed by atoms with E-state index >= 15 is 0 Å². The summed E-state index contributed by atoms with van der Waals surface area (Å²) in [6.45, 7) is 0. The Morgan fingerprint density at radius 2 is 1.64 bits per heavy atom. The zero-order valence-electron chi connectivity index (χ0n) is 21.0. The summed E-state index contributed by atoms with van der Waals surface area (Å²) >= 11 is 0. The monoisotopic (exact) mass is 479 g/mol. The van der Waals surface area contributed by atoms with Gasteiger partial charge in [-0.2, -0.15) is 5.10 Å². The van der Waals surface area contributed by atoms with E-state index in [9.17, 15) is 4.79 Å². The van der Waals surface area contributed by atoms with E-state index in [4.69, 9.17) is 0 Å². The molecule has 6 nitrogen and oxygen atoms in total. The van der Waals surface area contributed by atoms with Crippen LogP contribution >= 0.6 is 0 Å². The predicted octanol–water partition coefficient (Wildman–Crippen LogP) is 5.92. The van der Waals surface area contributed by atoms with Crippen LogP contribution in [0.25, 0.3) is 0 Å². The molecule has 3 aromatic carbocycles. The summed E-state index contributed by atoms with van der Waals surface area (Å²) in [5.74, 6) is 0.0834. The summed E-state index contributed by atoms with van der Waals surface area (Å²) in [6.07, 6.45) is 6.21. The molecule has 1 fully saturated rings. The second-order valence-corrected chi connectivity index (χ2v) is 10.4. The fraction of sp³-hybridized carbons (Fsp3) is 0.333. The molecule has 0 bridgehead atoms. The zero-order valence-corrected chi connectivity index (χ0v) is 21.0. The lowest BCUT2D eigenvalue weighted by Crippen LogP contribution is -2.61. The summed E-state index contributed by atoms with van der Waals surface area (Å²) in [4.78, 5) is 17.9. The van der Waals surface area contributed by atoms with Gasteiger partial charge in [-0.1, -0.05) is 42.8 Å². The maximum Gasteiger partial charge on any atom is 0.262 e. The molecule has 2 heterocycles. The molecule has 36 heavy (non-hydrogen) atoms. The molecule has 2 aliphatic heterocycles. The Balaban J connectivity index is 1.24. The molecule has 1 amide bonds. The van der Waals surface area contributed by atoms with Crippen molar-refractivity contribution >= 4 is 28.7 Å². The van der Waals surface area contributed by atoms with Crippen LogP contribution in [-0.4, -0.2) is 31.4 Å². The van der Waals surface area contributed by atoms with Gasteiger partial charge in [0, 0.05) is 37.6 Å². The van der Waals surface area contributed by atoms with Crippen LogP contribution in [0.4, 0.5) is 17.1 Å². The predicted molar refractivity (Wildman–Crippen MR) is 147 cm³/mol. The summed E-state index contributed by atoms with van der Waals surface area (Å²) in [5.41, 5.74) is 10.1. The molecule has 1 unspecified atom stereocenters. The van der Waals surface area contributed by atoms with Crippen LogP contribution in [0.2, 0.25) is 0 Å². The number of rotatable bonds is 4. The number of hydrogen-bond acceptors (Lipinski definition) is 5. The maximum atomic E-state index is 13.7. The van der Waals surface area contributed by atoms with E-state index in [-0.39, 0.29) is 17.6 Å². The van der Waals surface area contributed by atoms with Gasteiger partial charge < -0.3 is 15.6 Å². The fourth-order valence-corrected chi connectivity index (χ4v) is 5.87. The number of hydrogen-bond donors (Lipinski definition) is 2. The second-order valence-electron chi connectivity index (χ2n) is 10.4. The number of para-hydroxylation sites is 1. The molecule has 6 heteroatoms. The summed E-state index contributed by atoms with van der Waals surface area (Å²) in [6, 6.07) is 25.1. The van der Waals surface area contributed by atoms with Gasteiger partial charge in [0.25, 0.3) is 5.91 Å². The SMILES string of the molecule is CN(C)c1ccc(C2CC(c3ccc(N4C(=O)c5ccccc5NC45CCCCC5)cc3)=NN2)cc1. The Morgan fingerprint density at radius 1 is 0.917 bits per heavy atom. The van der Waals surface area contributed by atoms with Gasteiger partial charge >= 0.3 is 0 Å². The molecule has 0 aromatic heterocycles. The molecule has 1 atom stereocenters. The third-order valence-corrected chi connectivity index (χ3v) is 7.86. The number of anilines is 3. The van der Waals surface area contributed by atoms with E-state index in [1.165, 1.54) is 17.7 Å². The van der Waals surface area contributed by atoms with Gasteiger partial charge in [0.2, 0.25) is 0 Å². The quantitative estimate of drug-likeness (QED) is 0.487. The summed E-state index contributed by atoms with van der Waals surface area (Å²) in [7, 11) is 4.10. The molecule has 0 saturated heterocycles. The molecule has 0 radical (unpaired) electrons. The maximum absolute atomic E-state index is 13.7. The topological polar surface area (TPSA) is 60.0 Å². The van der Waals surface area contributed by atoms with Gasteiger partial charge in [-0.25, -0.2) is 0 Å². The second kappa shape index (κ2) is 9.01. The van der Waals surface area contributed by atoms with Crippen LogP contribution < -0.4 is 20.5 Å². The van der Waals surface area contributed by atoms with E-state index < -0.39 is 0 Å². The average molecular weight is 480 g/mol. The van der Waals surface area contributed by atoms with Crippen LogP contribution in [0.3, 0.4) is 0 Å². The standard InChI is InChI=1S/C30H33N5O/c1-34(2)23-14-10-21(11-15-23)27-20-28(33-32-27)22-12-16-24(17-13-22)35-29(36)25-8-4-5-9-26(25)31-30(35)18-6-3-7-19-30/h4-5,8-17,27,31-32H,3,6-7,18-20H2,1-2H3. The first-order valence-electron chi connectivity index (χ1n) is 13.0. The summed E-state index contributed by atoms with van der Waals surface area (Å²) < 4.78 is 0. The van der Waals surface area contributed by atoms with Gasteiger partial charge in [-0.3, -0.25) is 9.69 Å². The molecule has 6 rings (SSSR count). The van der Waals surface area contributed by atoms with Crippen molar-refractivity contribution in [2.75, 3.05) is 29.2 Å². The van der Waals surface area contributed by atoms with Gasteiger partial charge in [-0.05, 0) is 73.2 Å². The minimum atomic E-state index is -0.360. The molecular weight excluding hydrogens is 446 g/mol. The first-order valence-corrected chi connectivity index (χ1v) is 13.0. The normalized spacial score (nSPS) is 20.4. The largest absolute Gasteiger partial charge is 0.378 e. The van der Waals surface area contributed by atoms with Crippen LogP contribution in [0.1, 0.15) is 66.1 Å². The molecule has 3 aliphatic rings. The highest BCUT2D eigenvalue weighted by Crippen LogP contribution is 2.43. The Hall–Kier alpha value is -3.80. The van der Waals surface area contributed by atoms with E-state index in [1.54, 1.807) is 0 Å². The summed E-state index contributed by atoms with van der Waals surface area (Å²) in [5, 5.41) is 8.42. The van der Waals surface area contributed by atoms with Crippen molar-refractivity contribution in [1.82, 2.24) is 5.43 Å². The van der Waals surface area contributed by atoms with Gasteiger partial charge in [-0.15, -0.1) is 0 Å². The molecule has 1 saturated carbocycles. The van der Waals surface area contributed by atoms with Crippen molar-refractivity contribution in [3.8, 4) is 0 Å². The van der Waals surface area contributed by atoms with Crippen molar-refractivity contribution in [2.45, 2.75) is 50.2 Å². The van der Waals surface area contributed by atoms with Crippen molar-refractivity contribution in [1.29, 1.82) is 0 Å². The molecule has 1 spiro atoms. The molecule has 3 aromatic rings. The number of nitrogens with zero attached hydrogens (tertiary/aromatic N) is 3. The van der Waals surface area contributed by atoms with Gasteiger partial charge in [0.1, 0.15) is 5.66 Å². The minimum absolute atomic E-state index is 0.0834. The fourth-order valence-electron chi connectivity index (χ4n) is 5.87. The van der Waals surface area contributed by atoms with Crippen LogP contribution in [0.15, 0.2) is 77.9 Å². The first-order chi connectivity index (χ1) is 17.5. The molecule has 184 valence electrons. The average Bonchev–Trinajstić information content (AvgIpc) is 3.40. The third kappa shape index (κ3) is 3.91. The van der Waals surface area contributed by atoms with Crippen molar-refractivity contribution in [3.63, 3.8) is 0 Å². The molecule has 1 aliphatic carbocycles. The number of benzene rings is 3. The van der Waals surface area contributed by atoms with Crippen LogP contribution in [-0.2, 0) is 0 Å².